The molecule has 0 aliphatic rings. The van der Waals surface area contributed by atoms with Crippen molar-refractivity contribution in [2.45, 2.75) is 5.79 Å². The quantitative estimate of drug-likeness (QED) is 0.242. The smallest absolute Gasteiger partial charge is 0.260 e. The van der Waals surface area contributed by atoms with Crippen LogP contribution in [-0.4, -0.2) is 10.7 Å². The zero-order chi connectivity index (χ0) is 6.78. The van der Waals surface area contributed by atoms with Crippen LogP contribution in [0.15, 0.2) is 0 Å². The van der Waals surface area contributed by atoms with E-state index >= 15 is 0 Å². The van der Waals surface area contributed by atoms with E-state index < -0.39 is 10.7 Å². The summed E-state index contributed by atoms with van der Waals surface area (Å²) in [5.74, 6) is -2.43. The van der Waals surface area contributed by atoms with Crippen LogP contribution in [0, 0.1) is 21.4 Å². The number of nitro groups is 1. The van der Waals surface area contributed by atoms with Gasteiger partial charge in [0.1, 0.15) is 0 Å². The van der Waals surface area contributed by atoms with Gasteiger partial charge in [-0.05, 0) is 0 Å². The summed E-state index contributed by atoms with van der Waals surface area (Å²) in [5, 5.41) is 17.4. The predicted molar refractivity (Wildman–Crippen MR) is 23.7 cm³/mol. The molecule has 0 radical (unpaired) electrons. The van der Waals surface area contributed by atoms with Crippen molar-refractivity contribution in [1.82, 2.24) is 0 Å². The number of rotatable bonds is 1. The largest absolute Gasteiger partial charge is 0.416 e. The highest BCUT2D eigenvalue weighted by molar-refractivity contribution is 4.89. The van der Waals surface area contributed by atoms with Crippen molar-refractivity contribution in [2.24, 2.45) is 11.5 Å². The lowest BCUT2D eigenvalue weighted by Crippen LogP contribution is -2.54. The molecular formula is C2H4N4O2. The molecule has 0 saturated heterocycles. The van der Waals surface area contributed by atoms with Crippen LogP contribution in [0.5, 0.6) is 0 Å². The van der Waals surface area contributed by atoms with Crippen molar-refractivity contribution in [1.29, 1.82) is 5.26 Å². The maximum Gasteiger partial charge on any atom is 0.416 e. The molecule has 0 aromatic rings. The molecule has 8 heavy (non-hydrogen) atoms. The fourth-order valence-corrected chi connectivity index (χ4v) is 0.0408. The number of hydrogen-bond donors (Lipinski definition) is 2. The number of nitrogens with two attached hydrogens (primary N) is 2. The second kappa shape index (κ2) is 1.73. The standard InChI is InChI=1S/C2H4N4O2/c3-1-2(4,5)6(7)8/h4-5H2. The molecule has 0 amide bonds. The minimum atomic E-state index is -2.43. The molecule has 6 nitrogen and oxygen atoms in total. The monoisotopic (exact) mass is 116 g/mol. The van der Waals surface area contributed by atoms with Crippen molar-refractivity contribution in [2.75, 3.05) is 0 Å². The Kier molecular flexibility index (Phi) is 1.47. The second-order valence-corrected chi connectivity index (χ2v) is 1.19. The maximum absolute atomic E-state index is 9.59. The lowest BCUT2D eigenvalue weighted by molar-refractivity contribution is -0.550. The van der Waals surface area contributed by atoms with Crippen LogP contribution >= 0.6 is 0 Å². The van der Waals surface area contributed by atoms with Gasteiger partial charge < -0.3 is 0 Å². The average Bonchev–Trinajstić information content (AvgIpc) is 1.67. The van der Waals surface area contributed by atoms with E-state index in [1.54, 1.807) is 0 Å². The lowest BCUT2D eigenvalue weighted by Gasteiger charge is -2.01. The molecule has 44 valence electrons. The second-order valence-electron chi connectivity index (χ2n) is 1.19. The maximum atomic E-state index is 9.59. The van der Waals surface area contributed by atoms with Crippen molar-refractivity contribution in [3.63, 3.8) is 0 Å². The molecule has 0 aliphatic carbocycles. The summed E-state index contributed by atoms with van der Waals surface area (Å²) in [6, 6.07) is 1.10. The molecule has 0 bridgehead atoms. The van der Waals surface area contributed by atoms with Crippen molar-refractivity contribution in [3.05, 3.63) is 10.1 Å². The van der Waals surface area contributed by atoms with E-state index in [1.807, 2.05) is 0 Å². The summed E-state index contributed by atoms with van der Waals surface area (Å²) >= 11 is 0. The fourth-order valence-electron chi connectivity index (χ4n) is 0.0408. The van der Waals surface area contributed by atoms with Gasteiger partial charge >= 0.3 is 5.79 Å². The Morgan fingerprint density at radius 1 is 1.75 bits per heavy atom. The van der Waals surface area contributed by atoms with Gasteiger partial charge in [-0.2, -0.15) is 5.26 Å². The van der Waals surface area contributed by atoms with Crippen LogP contribution in [0.3, 0.4) is 0 Å². The fraction of sp³-hybridized carbons (Fsp3) is 0.500. The zero-order valence-electron chi connectivity index (χ0n) is 3.87. The van der Waals surface area contributed by atoms with Gasteiger partial charge in [0.15, 0.2) is 6.07 Å². The third kappa shape index (κ3) is 1.14. The van der Waals surface area contributed by atoms with E-state index in [0.717, 1.165) is 6.07 Å². The van der Waals surface area contributed by atoms with E-state index in [1.165, 1.54) is 0 Å². The first-order valence-corrected chi connectivity index (χ1v) is 1.64. The highest BCUT2D eigenvalue weighted by Crippen LogP contribution is 1.84. The lowest BCUT2D eigenvalue weighted by atomic mass is 10.5. The summed E-state index contributed by atoms with van der Waals surface area (Å²) in [4.78, 5) is 8.52. The molecule has 0 heterocycles. The van der Waals surface area contributed by atoms with Crippen LogP contribution in [0.4, 0.5) is 0 Å². The minimum absolute atomic E-state index is 1.06. The van der Waals surface area contributed by atoms with Gasteiger partial charge in [-0.3, -0.25) is 10.1 Å². The first-order chi connectivity index (χ1) is 3.50. The Hall–Kier alpha value is -1.19. The highest BCUT2D eigenvalue weighted by Gasteiger charge is 2.31. The molecule has 4 N–H and O–H groups in total. The Balaban J connectivity index is 4.19. The summed E-state index contributed by atoms with van der Waals surface area (Å²) in [7, 11) is 0. The summed E-state index contributed by atoms with van der Waals surface area (Å²) < 4.78 is 0. The number of hydrogen-bond acceptors (Lipinski definition) is 5. The van der Waals surface area contributed by atoms with E-state index in [9.17, 15) is 10.1 Å². The van der Waals surface area contributed by atoms with Crippen molar-refractivity contribution < 1.29 is 4.92 Å². The first-order valence-electron chi connectivity index (χ1n) is 1.64. The van der Waals surface area contributed by atoms with Gasteiger partial charge in [-0.1, -0.05) is 0 Å². The Bertz CT molecular complexity index is 145. The Morgan fingerprint density at radius 2 is 2.12 bits per heavy atom. The van der Waals surface area contributed by atoms with Crippen LogP contribution in [-0.2, 0) is 0 Å². The van der Waals surface area contributed by atoms with Crippen molar-refractivity contribution in [3.8, 4) is 6.07 Å². The van der Waals surface area contributed by atoms with E-state index in [2.05, 4.69) is 11.5 Å². The summed E-state index contributed by atoms with van der Waals surface area (Å²) in [5.41, 5.74) is 9.15. The van der Waals surface area contributed by atoms with Gasteiger partial charge in [0.05, 0.1) is 4.92 Å². The van der Waals surface area contributed by atoms with Gasteiger partial charge in [0, 0.05) is 0 Å². The van der Waals surface area contributed by atoms with Crippen LogP contribution in [0.25, 0.3) is 0 Å². The van der Waals surface area contributed by atoms with Crippen LogP contribution < -0.4 is 11.5 Å². The first kappa shape index (κ1) is 6.81. The van der Waals surface area contributed by atoms with Crippen LogP contribution in [0.1, 0.15) is 0 Å². The average molecular weight is 116 g/mol. The molecule has 0 fully saturated rings. The van der Waals surface area contributed by atoms with Gasteiger partial charge in [0.25, 0.3) is 0 Å². The molecule has 0 rings (SSSR count). The third-order valence-corrected chi connectivity index (χ3v) is 0.481. The highest BCUT2D eigenvalue weighted by atomic mass is 16.6. The van der Waals surface area contributed by atoms with Crippen LogP contribution in [0.2, 0.25) is 0 Å². The van der Waals surface area contributed by atoms with E-state index in [-0.39, 0.29) is 0 Å². The zero-order valence-corrected chi connectivity index (χ0v) is 3.87. The van der Waals surface area contributed by atoms with E-state index in [4.69, 9.17) is 5.26 Å². The molecule has 6 heteroatoms. The minimum Gasteiger partial charge on any atom is -0.260 e. The molecule has 0 saturated carbocycles. The molecule has 0 aromatic heterocycles. The molecule has 0 unspecified atom stereocenters. The molecule has 0 aromatic carbocycles. The molecule has 0 atom stereocenters. The van der Waals surface area contributed by atoms with Crippen molar-refractivity contribution >= 4 is 0 Å². The number of nitrogens with zero attached hydrogens (tertiary/aromatic N) is 2. The Morgan fingerprint density at radius 3 is 2.12 bits per heavy atom. The van der Waals surface area contributed by atoms with E-state index in [0.29, 0.717) is 0 Å². The molecule has 0 aliphatic heterocycles. The van der Waals surface area contributed by atoms with Gasteiger partial charge in [-0.15, -0.1) is 0 Å². The normalized spacial score (nSPS) is 10.1. The molecule has 0 spiro atoms. The topological polar surface area (TPSA) is 119 Å². The predicted octanol–water partition coefficient (Wildman–Crippen LogP) is -1.64. The third-order valence-electron chi connectivity index (χ3n) is 0.481. The van der Waals surface area contributed by atoms with Gasteiger partial charge in [0.2, 0.25) is 0 Å². The summed E-state index contributed by atoms with van der Waals surface area (Å²) in [6.07, 6.45) is 0. The SMILES string of the molecule is N#CC(N)(N)[N+](=O)[O-]. The molecular weight excluding hydrogens is 112 g/mol. The summed E-state index contributed by atoms with van der Waals surface area (Å²) in [6.45, 7) is 0. The number of nitriles is 1. The Labute approximate surface area is 44.8 Å². The van der Waals surface area contributed by atoms with Gasteiger partial charge in [-0.25, -0.2) is 11.5 Å².